The highest BCUT2D eigenvalue weighted by Crippen LogP contribution is 2.43. The zero-order valence-electron chi connectivity index (χ0n) is 19.1. The van der Waals surface area contributed by atoms with Crippen LogP contribution in [0.4, 0.5) is 4.79 Å². The lowest BCUT2D eigenvalue weighted by Crippen LogP contribution is -2.56. The van der Waals surface area contributed by atoms with E-state index in [0.717, 1.165) is 25.7 Å². The van der Waals surface area contributed by atoms with Gasteiger partial charge in [-0.1, -0.05) is 18.0 Å². The quantitative estimate of drug-likeness (QED) is 0.620. The van der Waals surface area contributed by atoms with Crippen LogP contribution in [-0.2, 0) is 14.8 Å². The Labute approximate surface area is 201 Å². The molecule has 0 unspecified atom stereocenters. The van der Waals surface area contributed by atoms with Gasteiger partial charge in [0.15, 0.2) is 0 Å². The molecule has 0 radical (unpaired) electrons. The Kier molecular flexibility index (Phi) is 7.85. The molecule has 33 heavy (non-hydrogen) atoms. The lowest BCUT2D eigenvalue weighted by Gasteiger charge is -2.42. The number of amides is 1. The number of ether oxygens (including phenoxy) is 1. The SMILES string of the molecule is C[C@@H]1CN(CCO)CCN1C(=O)OC[C@@H]1CCC[C@H](C2CC2)N1S(=O)(=O)c1ccc(Cl)cc1. The van der Waals surface area contributed by atoms with Crippen molar-refractivity contribution in [1.82, 2.24) is 14.1 Å². The summed E-state index contributed by atoms with van der Waals surface area (Å²) in [6.07, 6.45) is 4.11. The van der Waals surface area contributed by atoms with Crippen LogP contribution in [0.1, 0.15) is 39.0 Å². The van der Waals surface area contributed by atoms with Crippen LogP contribution in [0.5, 0.6) is 0 Å². The van der Waals surface area contributed by atoms with Crippen LogP contribution in [0.25, 0.3) is 0 Å². The first-order valence-corrected chi connectivity index (χ1v) is 13.7. The summed E-state index contributed by atoms with van der Waals surface area (Å²) in [6, 6.07) is 5.83. The van der Waals surface area contributed by atoms with E-state index in [1.165, 1.54) is 0 Å². The normalized spacial score (nSPS) is 27.5. The van der Waals surface area contributed by atoms with Crippen molar-refractivity contribution in [3.8, 4) is 0 Å². The number of nitrogens with zero attached hydrogens (tertiary/aromatic N) is 3. The molecule has 8 nitrogen and oxygen atoms in total. The molecule has 1 N–H and O–H groups in total. The Morgan fingerprint density at radius 2 is 1.88 bits per heavy atom. The van der Waals surface area contributed by atoms with Crippen LogP contribution < -0.4 is 0 Å². The maximum atomic E-state index is 13.7. The molecule has 3 atom stereocenters. The van der Waals surface area contributed by atoms with Gasteiger partial charge < -0.3 is 14.7 Å². The maximum Gasteiger partial charge on any atom is 0.410 e. The minimum Gasteiger partial charge on any atom is -0.448 e. The second-order valence-electron chi connectivity index (χ2n) is 9.42. The van der Waals surface area contributed by atoms with Crippen LogP contribution in [0.15, 0.2) is 29.2 Å². The number of carbonyl (C=O) groups is 1. The van der Waals surface area contributed by atoms with E-state index in [1.54, 1.807) is 33.5 Å². The van der Waals surface area contributed by atoms with Crippen molar-refractivity contribution in [2.45, 2.75) is 62.0 Å². The third-order valence-corrected chi connectivity index (χ3v) is 9.28. The molecule has 184 valence electrons. The number of sulfonamides is 1. The fourth-order valence-corrected chi connectivity index (χ4v) is 7.21. The molecule has 1 saturated carbocycles. The molecule has 0 bridgehead atoms. The molecule has 2 heterocycles. The lowest BCUT2D eigenvalue weighted by atomic mass is 9.96. The minimum atomic E-state index is -3.74. The number of halogens is 1. The van der Waals surface area contributed by atoms with Crippen molar-refractivity contribution in [3.05, 3.63) is 29.3 Å². The second-order valence-corrected chi connectivity index (χ2v) is 11.7. The average Bonchev–Trinajstić information content (AvgIpc) is 3.63. The summed E-state index contributed by atoms with van der Waals surface area (Å²) in [4.78, 5) is 16.9. The average molecular weight is 500 g/mol. The van der Waals surface area contributed by atoms with Crippen molar-refractivity contribution >= 4 is 27.7 Å². The molecule has 2 aliphatic heterocycles. The lowest BCUT2D eigenvalue weighted by molar-refractivity contribution is 0.0284. The number of carbonyl (C=O) groups excluding carboxylic acids is 1. The summed E-state index contributed by atoms with van der Waals surface area (Å²) in [5, 5.41) is 9.64. The molecule has 1 aromatic rings. The van der Waals surface area contributed by atoms with Crippen LogP contribution >= 0.6 is 11.6 Å². The molecular weight excluding hydrogens is 466 g/mol. The number of aliphatic hydroxyl groups excluding tert-OH is 1. The van der Waals surface area contributed by atoms with Crippen LogP contribution in [0.3, 0.4) is 0 Å². The standard InChI is InChI=1S/C23H34ClN3O5S/c1-17-15-25(13-14-28)11-12-26(17)23(29)32-16-20-3-2-4-22(18-5-6-18)27(20)33(30,31)21-9-7-19(24)8-10-21/h7-10,17-18,20,22,28H,2-6,11-16H2,1H3/t17-,20+,22-/m1/s1. The largest absolute Gasteiger partial charge is 0.448 e. The van der Waals surface area contributed by atoms with Gasteiger partial charge in [0.2, 0.25) is 10.0 Å². The predicted molar refractivity (Wildman–Crippen MR) is 126 cm³/mol. The van der Waals surface area contributed by atoms with Gasteiger partial charge in [0.05, 0.1) is 17.5 Å². The van der Waals surface area contributed by atoms with Gasteiger partial charge >= 0.3 is 6.09 Å². The van der Waals surface area contributed by atoms with Gasteiger partial charge in [-0.2, -0.15) is 4.31 Å². The first-order valence-electron chi connectivity index (χ1n) is 11.9. The summed E-state index contributed by atoms with van der Waals surface area (Å²) < 4.78 is 34.6. The molecule has 10 heteroatoms. The third kappa shape index (κ3) is 5.65. The zero-order valence-corrected chi connectivity index (χ0v) is 20.7. The summed E-state index contributed by atoms with van der Waals surface area (Å²) >= 11 is 5.98. The molecule has 1 amide bonds. The Bertz CT molecular complexity index is 925. The molecular formula is C23H34ClN3O5S. The fraction of sp³-hybridized carbons (Fsp3) is 0.696. The summed E-state index contributed by atoms with van der Waals surface area (Å²) in [7, 11) is -3.74. The van der Waals surface area contributed by atoms with Crippen molar-refractivity contribution in [2.24, 2.45) is 5.92 Å². The van der Waals surface area contributed by atoms with Crippen molar-refractivity contribution in [2.75, 3.05) is 39.4 Å². The van der Waals surface area contributed by atoms with Crippen LogP contribution in [0, 0.1) is 5.92 Å². The Morgan fingerprint density at radius 3 is 2.52 bits per heavy atom. The van der Waals surface area contributed by atoms with E-state index >= 15 is 0 Å². The van der Waals surface area contributed by atoms with Gasteiger partial charge in [-0.05, 0) is 62.8 Å². The number of aliphatic hydroxyl groups is 1. The van der Waals surface area contributed by atoms with Crippen LogP contribution in [-0.4, -0.2) is 91.2 Å². The monoisotopic (exact) mass is 499 g/mol. The molecule has 0 spiro atoms. The number of rotatable bonds is 7. The second kappa shape index (κ2) is 10.5. The number of piperazine rings is 1. The first-order chi connectivity index (χ1) is 15.8. The van der Waals surface area contributed by atoms with Gasteiger partial charge in [-0.15, -0.1) is 0 Å². The number of β-amino-alcohol motifs (C(OH)–C–C–N with tert-alkyl or cyclic N) is 1. The zero-order chi connectivity index (χ0) is 23.6. The molecule has 3 aliphatic rings. The molecule has 4 rings (SSSR count). The van der Waals surface area contributed by atoms with Crippen molar-refractivity contribution < 1.29 is 23.1 Å². The Hall–Kier alpha value is -1.39. The molecule has 3 fully saturated rings. The summed E-state index contributed by atoms with van der Waals surface area (Å²) in [5.74, 6) is 0.380. The molecule has 1 aliphatic carbocycles. The number of hydrogen-bond acceptors (Lipinski definition) is 6. The van der Waals surface area contributed by atoms with E-state index in [-0.39, 0.29) is 36.2 Å². The van der Waals surface area contributed by atoms with E-state index in [0.29, 0.717) is 43.5 Å². The van der Waals surface area contributed by atoms with Crippen LogP contribution in [0.2, 0.25) is 5.02 Å². The topological polar surface area (TPSA) is 90.4 Å². The Morgan fingerprint density at radius 1 is 1.15 bits per heavy atom. The fourth-order valence-electron chi connectivity index (χ4n) is 5.17. The summed E-state index contributed by atoms with van der Waals surface area (Å²) in [6.45, 7) is 4.60. The van der Waals surface area contributed by atoms with Gasteiger partial charge in [0.25, 0.3) is 0 Å². The third-order valence-electron chi connectivity index (χ3n) is 7.04. The van der Waals surface area contributed by atoms with Gasteiger partial charge in [-0.25, -0.2) is 13.2 Å². The van der Waals surface area contributed by atoms with Crippen molar-refractivity contribution in [3.63, 3.8) is 0 Å². The summed E-state index contributed by atoms with van der Waals surface area (Å²) in [5.41, 5.74) is 0. The van der Waals surface area contributed by atoms with Gasteiger partial charge in [-0.3, -0.25) is 4.90 Å². The number of hydrogen-bond donors (Lipinski definition) is 1. The first kappa shape index (κ1) is 24.7. The van der Waals surface area contributed by atoms with Gasteiger partial charge in [0.1, 0.15) is 6.61 Å². The Balaban J connectivity index is 1.46. The van der Waals surface area contributed by atoms with E-state index < -0.39 is 16.1 Å². The minimum absolute atomic E-state index is 0.0303. The number of benzene rings is 1. The van der Waals surface area contributed by atoms with E-state index in [2.05, 4.69) is 4.90 Å². The van der Waals surface area contributed by atoms with E-state index in [1.807, 2.05) is 6.92 Å². The molecule has 0 aromatic heterocycles. The highest BCUT2D eigenvalue weighted by atomic mass is 35.5. The van der Waals surface area contributed by atoms with Gasteiger partial charge in [0, 0.05) is 43.3 Å². The number of piperidine rings is 1. The highest BCUT2D eigenvalue weighted by Gasteiger charge is 2.46. The van der Waals surface area contributed by atoms with E-state index in [9.17, 15) is 13.2 Å². The van der Waals surface area contributed by atoms with E-state index in [4.69, 9.17) is 21.4 Å². The highest BCUT2D eigenvalue weighted by molar-refractivity contribution is 7.89. The maximum absolute atomic E-state index is 13.7. The predicted octanol–water partition coefficient (Wildman–Crippen LogP) is 2.80. The smallest absolute Gasteiger partial charge is 0.410 e. The molecule has 1 aromatic carbocycles. The molecule has 2 saturated heterocycles. The van der Waals surface area contributed by atoms with Crippen molar-refractivity contribution in [1.29, 1.82) is 0 Å².